The van der Waals surface area contributed by atoms with Crippen molar-refractivity contribution in [3.8, 4) is 11.5 Å². The summed E-state index contributed by atoms with van der Waals surface area (Å²) in [5.41, 5.74) is 0.993. The molecular weight excluding hydrogens is 380 g/mol. The molecule has 1 fully saturated rings. The van der Waals surface area contributed by atoms with Gasteiger partial charge in [-0.15, -0.1) is 0 Å². The Bertz CT molecular complexity index is 820. The van der Waals surface area contributed by atoms with Crippen molar-refractivity contribution in [2.45, 2.75) is 39.7 Å². The smallest absolute Gasteiger partial charge is 0.225 e. The largest absolute Gasteiger partial charge is 0.493 e. The quantitative estimate of drug-likeness (QED) is 0.714. The highest BCUT2D eigenvalue weighted by Crippen LogP contribution is 2.31. The summed E-state index contributed by atoms with van der Waals surface area (Å²) >= 11 is 0. The number of rotatable bonds is 8. The maximum Gasteiger partial charge on any atom is 0.225 e. The molecule has 1 amide bonds. The van der Waals surface area contributed by atoms with E-state index in [2.05, 4.69) is 34.0 Å². The van der Waals surface area contributed by atoms with Crippen LogP contribution < -0.4 is 19.7 Å². The van der Waals surface area contributed by atoms with Crippen molar-refractivity contribution in [3.63, 3.8) is 0 Å². The van der Waals surface area contributed by atoms with Gasteiger partial charge < -0.3 is 19.7 Å². The van der Waals surface area contributed by atoms with Crippen LogP contribution in [0.5, 0.6) is 11.5 Å². The van der Waals surface area contributed by atoms with Crippen LogP contribution in [-0.2, 0) is 4.79 Å². The Morgan fingerprint density at radius 2 is 1.87 bits per heavy atom. The molecule has 1 aliphatic heterocycles. The SMILES string of the molecule is COc1cc(C(C)NC(=O)C2CCN(c3ncccn3)CC2)ccc1OCC(C)C. The number of benzene rings is 1. The summed E-state index contributed by atoms with van der Waals surface area (Å²) in [5.74, 6) is 2.68. The van der Waals surface area contributed by atoms with Crippen molar-refractivity contribution in [1.29, 1.82) is 0 Å². The first-order chi connectivity index (χ1) is 14.5. The number of piperidine rings is 1. The van der Waals surface area contributed by atoms with Crippen LogP contribution >= 0.6 is 0 Å². The number of nitrogens with zero attached hydrogens (tertiary/aromatic N) is 3. The minimum absolute atomic E-state index is 0.00274. The van der Waals surface area contributed by atoms with E-state index in [1.54, 1.807) is 19.5 Å². The second kappa shape index (κ2) is 10.3. The molecule has 0 aliphatic carbocycles. The van der Waals surface area contributed by atoms with E-state index in [4.69, 9.17) is 9.47 Å². The highest BCUT2D eigenvalue weighted by atomic mass is 16.5. The summed E-state index contributed by atoms with van der Waals surface area (Å²) in [7, 11) is 1.63. The summed E-state index contributed by atoms with van der Waals surface area (Å²) in [6.45, 7) is 8.41. The second-order valence-corrected chi connectivity index (χ2v) is 8.16. The van der Waals surface area contributed by atoms with Crippen LogP contribution in [0.3, 0.4) is 0 Å². The van der Waals surface area contributed by atoms with Crippen molar-refractivity contribution in [2.24, 2.45) is 11.8 Å². The van der Waals surface area contributed by atoms with Crippen molar-refractivity contribution < 1.29 is 14.3 Å². The molecule has 0 bridgehead atoms. The second-order valence-electron chi connectivity index (χ2n) is 8.16. The normalized spacial score (nSPS) is 15.7. The standard InChI is InChI=1S/C23H32N4O3/c1-16(2)15-30-20-7-6-19(14-21(20)29-4)17(3)26-22(28)18-8-12-27(13-9-18)23-24-10-5-11-25-23/h5-7,10-11,14,16-18H,8-9,12-13,15H2,1-4H3,(H,26,28). The highest BCUT2D eigenvalue weighted by Gasteiger charge is 2.27. The molecule has 1 atom stereocenters. The van der Waals surface area contributed by atoms with Gasteiger partial charge in [-0.05, 0) is 49.4 Å². The summed E-state index contributed by atoms with van der Waals surface area (Å²) in [4.78, 5) is 23.5. The van der Waals surface area contributed by atoms with Gasteiger partial charge in [0.1, 0.15) is 0 Å². The highest BCUT2D eigenvalue weighted by molar-refractivity contribution is 5.79. The Morgan fingerprint density at radius 1 is 1.17 bits per heavy atom. The Labute approximate surface area is 178 Å². The molecule has 1 aromatic carbocycles. The number of aromatic nitrogens is 2. The topological polar surface area (TPSA) is 76.6 Å². The molecule has 0 spiro atoms. The minimum Gasteiger partial charge on any atom is -0.493 e. The van der Waals surface area contributed by atoms with Crippen LogP contribution in [0.2, 0.25) is 0 Å². The first-order valence-corrected chi connectivity index (χ1v) is 10.6. The maximum absolute atomic E-state index is 12.8. The molecule has 1 N–H and O–H groups in total. The lowest BCUT2D eigenvalue weighted by Gasteiger charge is -2.31. The zero-order valence-electron chi connectivity index (χ0n) is 18.3. The molecule has 0 radical (unpaired) electrons. The van der Waals surface area contributed by atoms with Crippen molar-refractivity contribution >= 4 is 11.9 Å². The van der Waals surface area contributed by atoms with E-state index in [1.807, 2.05) is 31.2 Å². The van der Waals surface area contributed by atoms with Crippen LogP contribution in [0, 0.1) is 11.8 Å². The first kappa shape index (κ1) is 21.9. The summed E-state index contributed by atoms with van der Waals surface area (Å²) in [6.07, 6.45) is 5.08. The van der Waals surface area contributed by atoms with Crippen molar-refractivity contribution in [3.05, 3.63) is 42.2 Å². The molecule has 2 heterocycles. The number of hydrogen-bond acceptors (Lipinski definition) is 6. The van der Waals surface area contributed by atoms with E-state index in [1.165, 1.54) is 0 Å². The number of nitrogens with one attached hydrogen (secondary N) is 1. The van der Waals surface area contributed by atoms with Crippen LogP contribution in [0.25, 0.3) is 0 Å². The predicted molar refractivity (Wildman–Crippen MR) is 117 cm³/mol. The van der Waals surface area contributed by atoms with Crippen LogP contribution in [0.4, 0.5) is 5.95 Å². The van der Waals surface area contributed by atoms with E-state index in [9.17, 15) is 4.79 Å². The minimum atomic E-state index is -0.110. The van der Waals surface area contributed by atoms with E-state index in [0.717, 1.165) is 43.2 Å². The number of amides is 1. The molecule has 162 valence electrons. The lowest BCUT2D eigenvalue weighted by atomic mass is 9.95. The fourth-order valence-corrected chi connectivity index (χ4v) is 3.54. The van der Waals surface area contributed by atoms with Crippen LogP contribution in [0.1, 0.15) is 45.2 Å². The monoisotopic (exact) mass is 412 g/mol. The molecule has 7 nitrogen and oxygen atoms in total. The molecule has 7 heteroatoms. The lowest BCUT2D eigenvalue weighted by Crippen LogP contribution is -2.41. The van der Waals surface area contributed by atoms with Gasteiger partial charge in [0.05, 0.1) is 19.8 Å². The maximum atomic E-state index is 12.8. The molecular formula is C23H32N4O3. The number of anilines is 1. The molecule has 1 unspecified atom stereocenters. The van der Waals surface area contributed by atoms with Gasteiger partial charge in [0, 0.05) is 31.4 Å². The average molecular weight is 413 g/mol. The summed E-state index contributed by atoms with van der Waals surface area (Å²) in [5, 5.41) is 3.16. The number of methoxy groups -OCH3 is 1. The Kier molecular flexibility index (Phi) is 7.49. The van der Waals surface area contributed by atoms with Gasteiger partial charge in [0.15, 0.2) is 11.5 Å². The van der Waals surface area contributed by atoms with Crippen molar-refractivity contribution in [1.82, 2.24) is 15.3 Å². The number of carbonyl (C=O) groups is 1. The third kappa shape index (κ3) is 5.62. The Hall–Kier alpha value is -2.83. The van der Waals surface area contributed by atoms with Crippen LogP contribution in [-0.4, -0.2) is 42.7 Å². The number of carbonyl (C=O) groups excluding carboxylic acids is 1. The van der Waals surface area contributed by atoms with Gasteiger partial charge in [0.25, 0.3) is 0 Å². The molecule has 1 aromatic heterocycles. The Balaban J connectivity index is 1.55. The van der Waals surface area contributed by atoms with Crippen molar-refractivity contribution in [2.75, 3.05) is 31.7 Å². The first-order valence-electron chi connectivity index (χ1n) is 10.6. The third-order valence-electron chi connectivity index (χ3n) is 5.32. The summed E-state index contributed by atoms with van der Waals surface area (Å²) in [6, 6.07) is 7.54. The fourth-order valence-electron chi connectivity index (χ4n) is 3.54. The van der Waals surface area contributed by atoms with Crippen LogP contribution in [0.15, 0.2) is 36.7 Å². The third-order valence-corrected chi connectivity index (χ3v) is 5.32. The van der Waals surface area contributed by atoms with E-state index in [-0.39, 0.29) is 17.9 Å². The summed E-state index contributed by atoms with van der Waals surface area (Å²) < 4.78 is 11.3. The molecule has 2 aromatic rings. The number of ether oxygens (including phenoxy) is 2. The molecule has 0 saturated carbocycles. The molecule has 30 heavy (non-hydrogen) atoms. The average Bonchev–Trinajstić information content (AvgIpc) is 2.78. The number of hydrogen-bond donors (Lipinski definition) is 1. The van der Waals surface area contributed by atoms with Gasteiger partial charge in [-0.2, -0.15) is 0 Å². The van der Waals surface area contributed by atoms with E-state index < -0.39 is 0 Å². The molecule has 1 saturated heterocycles. The fraction of sp³-hybridized carbons (Fsp3) is 0.522. The predicted octanol–water partition coefficient (Wildman–Crippen LogP) is 3.61. The lowest BCUT2D eigenvalue weighted by molar-refractivity contribution is -0.126. The molecule has 1 aliphatic rings. The zero-order valence-corrected chi connectivity index (χ0v) is 18.3. The van der Waals surface area contributed by atoms with Gasteiger partial charge in [-0.3, -0.25) is 4.79 Å². The van der Waals surface area contributed by atoms with Gasteiger partial charge in [-0.1, -0.05) is 19.9 Å². The molecule has 3 rings (SSSR count). The van der Waals surface area contributed by atoms with Gasteiger partial charge >= 0.3 is 0 Å². The van der Waals surface area contributed by atoms with Gasteiger partial charge in [0.2, 0.25) is 11.9 Å². The zero-order chi connectivity index (χ0) is 21.5. The van der Waals surface area contributed by atoms with E-state index in [0.29, 0.717) is 18.3 Å². The van der Waals surface area contributed by atoms with Gasteiger partial charge in [-0.25, -0.2) is 9.97 Å². The van der Waals surface area contributed by atoms with E-state index >= 15 is 0 Å². The Morgan fingerprint density at radius 3 is 2.50 bits per heavy atom.